The average molecular weight is 714 g/mol. The lowest BCUT2D eigenvalue weighted by atomic mass is 9.73. The number of nitrogens with one attached hydrogen (secondary N) is 2. The molecule has 1 aromatic heterocycles. The van der Waals surface area contributed by atoms with E-state index in [1.165, 1.54) is 13.8 Å². The van der Waals surface area contributed by atoms with Gasteiger partial charge in [0.1, 0.15) is 30.2 Å². The van der Waals surface area contributed by atoms with Crippen LogP contribution in [-0.2, 0) is 30.4 Å². The number of ether oxygens (including phenoxy) is 3. The number of rotatable bonds is 12. The quantitative estimate of drug-likeness (QED) is 0.0943. The Balaban J connectivity index is 1.86. The Bertz CT molecular complexity index is 1180. The highest BCUT2D eigenvalue weighted by molar-refractivity contribution is 5.88. The molecule has 7 N–H and O–H groups in total. The number of hydrogen-bond acceptors (Lipinski definition) is 14. The van der Waals surface area contributed by atoms with Crippen LogP contribution in [0.1, 0.15) is 86.8 Å². The van der Waals surface area contributed by atoms with Crippen molar-refractivity contribution in [3.05, 3.63) is 24.2 Å². The number of cyclic esters (lactones) is 1. The van der Waals surface area contributed by atoms with Crippen molar-refractivity contribution in [1.29, 1.82) is 0 Å². The number of nitrogens with zero attached hydrogens (tertiary/aromatic N) is 1. The summed E-state index contributed by atoms with van der Waals surface area (Å²) >= 11 is 0. The summed E-state index contributed by atoms with van der Waals surface area (Å²) in [5.74, 6) is -3.16. The Kier molecular flexibility index (Phi) is 16.1. The fraction of sp³-hybridized carbons (Fsp3) is 0.833. The van der Waals surface area contributed by atoms with Crippen LogP contribution in [0.3, 0.4) is 0 Å². The maximum Gasteiger partial charge on any atom is 0.311 e. The molecule has 0 saturated carbocycles. The summed E-state index contributed by atoms with van der Waals surface area (Å²) < 4.78 is 23.3. The molecule has 2 aliphatic heterocycles. The second kappa shape index (κ2) is 19.1. The Labute approximate surface area is 296 Å². The van der Waals surface area contributed by atoms with Gasteiger partial charge in [0.25, 0.3) is 0 Å². The Morgan fingerprint density at radius 1 is 1.00 bits per heavy atom. The van der Waals surface area contributed by atoms with Crippen LogP contribution < -0.4 is 10.6 Å². The maximum atomic E-state index is 13.4. The summed E-state index contributed by atoms with van der Waals surface area (Å²) in [7, 11) is 0. The smallest absolute Gasteiger partial charge is 0.311 e. The molecule has 0 bridgehead atoms. The van der Waals surface area contributed by atoms with Crippen molar-refractivity contribution in [3.63, 3.8) is 0 Å². The molecule has 1 unspecified atom stereocenters. The SMILES string of the molecule is CC[C@H]1OC(=O)[C@H](C)[C@@H](O)[C@H](C)[C@@H](O[C@@H]2O[C@H](C)CC[C@H]2O)C(C)(O)C[C@@H](C)/C(=N\OCCNCCNCc2ccco2)[C@H](C)[C@@H](O)[C@]1(C)O. The topological polar surface area (TPSA) is 205 Å². The van der Waals surface area contributed by atoms with Crippen LogP contribution in [0.15, 0.2) is 28.0 Å². The predicted molar refractivity (Wildman–Crippen MR) is 186 cm³/mol. The second-order valence-corrected chi connectivity index (χ2v) is 14.8. The minimum atomic E-state index is -1.89. The van der Waals surface area contributed by atoms with Gasteiger partial charge in [-0.05, 0) is 65.5 Å². The standard InChI is InChI=1S/C36H63N3O11/c1-9-28-36(8,45)31(42)23(4)29(39-47-18-16-37-14-15-38-20-26-11-10-17-46-26)21(2)19-35(7,44)32(24(5)30(41)25(6)33(43)49-28)50-34-27(40)13-12-22(3)48-34/h10-11,17,21-25,27-28,30-32,34,37-38,40-42,44-45H,9,12-16,18-20H2,1-8H3/b39-29+/t21-,22-,23+,24+,25-,27-,28-,30+,31-,32-,34+,35?,36-/m1/s1. The zero-order chi connectivity index (χ0) is 37.2. The van der Waals surface area contributed by atoms with E-state index in [-0.39, 0.29) is 25.6 Å². The highest BCUT2D eigenvalue weighted by atomic mass is 16.7. The van der Waals surface area contributed by atoms with Gasteiger partial charge in [0.05, 0.1) is 54.5 Å². The van der Waals surface area contributed by atoms with E-state index in [9.17, 15) is 30.3 Å². The summed E-state index contributed by atoms with van der Waals surface area (Å²) in [4.78, 5) is 19.1. The largest absolute Gasteiger partial charge is 0.468 e. The molecule has 2 aliphatic rings. The van der Waals surface area contributed by atoms with Crippen LogP contribution in [0.4, 0.5) is 0 Å². The first-order chi connectivity index (χ1) is 23.5. The fourth-order valence-electron chi connectivity index (χ4n) is 7.16. The number of aliphatic hydroxyl groups excluding tert-OH is 3. The molecule has 3 rings (SSSR count). The van der Waals surface area contributed by atoms with E-state index >= 15 is 0 Å². The van der Waals surface area contributed by atoms with Crippen LogP contribution in [-0.4, -0.2) is 118 Å². The Hall–Kier alpha value is -2.14. The van der Waals surface area contributed by atoms with Gasteiger partial charge in [0.15, 0.2) is 6.29 Å². The molecule has 0 spiro atoms. The van der Waals surface area contributed by atoms with Gasteiger partial charge in [0, 0.05) is 37.4 Å². The Morgan fingerprint density at radius 3 is 2.36 bits per heavy atom. The molecule has 1 aromatic rings. The molecule has 2 saturated heterocycles. The van der Waals surface area contributed by atoms with E-state index in [0.29, 0.717) is 44.7 Å². The molecule has 2 fully saturated rings. The zero-order valence-corrected chi connectivity index (χ0v) is 31.1. The summed E-state index contributed by atoms with van der Waals surface area (Å²) in [6.45, 7) is 16.0. The summed E-state index contributed by atoms with van der Waals surface area (Å²) in [5.41, 5.74) is -3.19. The zero-order valence-electron chi connectivity index (χ0n) is 31.1. The lowest BCUT2D eigenvalue weighted by molar-refractivity contribution is -0.289. The highest BCUT2D eigenvalue weighted by Gasteiger charge is 2.50. The van der Waals surface area contributed by atoms with Gasteiger partial charge in [0.2, 0.25) is 0 Å². The number of oxime groups is 1. The minimum Gasteiger partial charge on any atom is -0.468 e. The van der Waals surface area contributed by atoms with Crippen LogP contribution >= 0.6 is 0 Å². The van der Waals surface area contributed by atoms with Crippen molar-refractivity contribution in [3.8, 4) is 0 Å². The van der Waals surface area contributed by atoms with Crippen molar-refractivity contribution in [1.82, 2.24) is 10.6 Å². The molecule has 14 nitrogen and oxygen atoms in total. The molecule has 0 radical (unpaired) electrons. The number of aliphatic hydroxyl groups is 5. The number of carbonyl (C=O) groups excluding carboxylic acids is 1. The minimum absolute atomic E-state index is 0.0319. The first kappa shape index (κ1) is 42.3. The summed E-state index contributed by atoms with van der Waals surface area (Å²) in [6, 6.07) is 3.74. The number of esters is 1. The van der Waals surface area contributed by atoms with Crippen molar-refractivity contribution in [2.45, 2.75) is 142 Å². The van der Waals surface area contributed by atoms with Gasteiger partial charge in [-0.25, -0.2) is 0 Å². The summed E-state index contributed by atoms with van der Waals surface area (Å²) in [6.07, 6.45) is -4.28. The van der Waals surface area contributed by atoms with Crippen molar-refractivity contribution < 1.29 is 53.8 Å². The molecule has 0 aromatic carbocycles. The molecule has 14 heteroatoms. The molecule has 3 heterocycles. The van der Waals surface area contributed by atoms with Gasteiger partial charge in [-0.3, -0.25) is 4.79 Å². The van der Waals surface area contributed by atoms with Crippen LogP contribution in [0.2, 0.25) is 0 Å². The van der Waals surface area contributed by atoms with Crippen LogP contribution in [0.5, 0.6) is 0 Å². The van der Waals surface area contributed by atoms with Crippen LogP contribution in [0, 0.1) is 23.7 Å². The number of hydrogen-bond donors (Lipinski definition) is 7. The molecule has 13 atom stereocenters. The predicted octanol–water partition coefficient (Wildman–Crippen LogP) is 2.10. The van der Waals surface area contributed by atoms with Crippen molar-refractivity contribution in [2.75, 3.05) is 26.2 Å². The van der Waals surface area contributed by atoms with Gasteiger partial charge < -0.3 is 59.6 Å². The fourth-order valence-corrected chi connectivity index (χ4v) is 7.16. The number of furan rings is 1. The maximum absolute atomic E-state index is 13.4. The van der Waals surface area contributed by atoms with E-state index in [0.717, 1.165) is 5.76 Å². The average Bonchev–Trinajstić information content (AvgIpc) is 3.59. The lowest BCUT2D eigenvalue weighted by Crippen LogP contribution is -2.58. The number of carbonyl (C=O) groups is 1. The molecule has 288 valence electrons. The monoisotopic (exact) mass is 713 g/mol. The molecule has 0 aliphatic carbocycles. The van der Waals surface area contributed by atoms with Gasteiger partial charge in [-0.2, -0.15) is 0 Å². The first-order valence-electron chi connectivity index (χ1n) is 18.1. The van der Waals surface area contributed by atoms with E-state index in [1.54, 1.807) is 34.0 Å². The summed E-state index contributed by atoms with van der Waals surface area (Å²) in [5, 5.41) is 68.6. The van der Waals surface area contributed by atoms with Crippen molar-refractivity contribution in [2.24, 2.45) is 28.8 Å². The van der Waals surface area contributed by atoms with Gasteiger partial charge >= 0.3 is 5.97 Å². The third kappa shape index (κ3) is 11.2. The van der Waals surface area contributed by atoms with E-state index < -0.39 is 77.7 Å². The van der Waals surface area contributed by atoms with E-state index in [4.69, 9.17) is 23.5 Å². The lowest BCUT2D eigenvalue weighted by Gasteiger charge is -2.45. The first-order valence-corrected chi connectivity index (χ1v) is 18.1. The molecule has 0 amide bonds. The molecule has 50 heavy (non-hydrogen) atoms. The normalized spacial score (nSPS) is 40.3. The molecular weight excluding hydrogens is 650 g/mol. The third-order valence-corrected chi connectivity index (χ3v) is 10.3. The highest BCUT2D eigenvalue weighted by Crippen LogP contribution is 2.37. The molecular formula is C36H63N3O11. The second-order valence-electron chi connectivity index (χ2n) is 14.8. The van der Waals surface area contributed by atoms with Gasteiger partial charge in [-0.15, -0.1) is 0 Å². The van der Waals surface area contributed by atoms with Crippen molar-refractivity contribution >= 4 is 11.7 Å². The van der Waals surface area contributed by atoms with Crippen LogP contribution in [0.25, 0.3) is 0 Å². The van der Waals surface area contributed by atoms with E-state index in [1.807, 2.05) is 26.0 Å². The third-order valence-electron chi connectivity index (χ3n) is 10.3. The van der Waals surface area contributed by atoms with E-state index in [2.05, 4.69) is 15.8 Å². The Morgan fingerprint density at radius 2 is 1.70 bits per heavy atom. The van der Waals surface area contributed by atoms with Gasteiger partial charge in [-0.1, -0.05) is 32.9 Å².